The van der Waals surface area contributed by atoms with Crippen molar-refractivity contribution < 1.29 is 19.0 Å². The number of amides is 1. The maximum absolute atomic E-state index is 12.0. The lowest BCUT2D eigenvalue weighted by atomic mass is 10.1. The van der Waals surface area contributed by atoms with Gasteiger partial charge >= 0.3 is 6.09 Å². The largest absolute Gasteiger partial charge is 0.446 e. The summed E-state index contributed by atoms with van der Waals surface area (Å²) in [5.41, 5.74) is 0. The van der Waals surface area contributed by atoms with Gasteiger partial charge in [0.05, 0.1) is 6.61 Å². The van der Waals surface area contributed by atoms with Crippen LogP contribution in [0.25, 0.3) is 0 Å². The number of carbonyl (C=O) groups is 1. The van der Waals surface area contributed by atoms with E-state index in [4.69, 9.17) is 14.2 Å². The quantitative estimate of drug-likeness (QED) is 0.473. The van der Waals surface area contributed by atoms with E-state index in [9.17, 15) is 4.79 Å². The summed E-state index contributed by atoms with van der Waals surface area (Å²) in [6.45, 7) is 8.96. The highest BCUT2D eigenvalue weighted by Crippen LogP contribution is 2.33. The van der Waals surface area contributed by atoms with Gasteiger partial charge in [-0.1, -0.05) is 32.1 Å². The normalized spacial score (nSPS) is 22.9. The minimum Gasteiger partial charge on any atom is -0.446 e. The summed E-state index contributed by atoms with van der Waals surface area (Å²) in [5, 5.41) is 12.1. The van der Waals surface area contributed by atoms with E-state index < -0.39 is 11.9 Å². The molecule has 28 heavy (non-hydrogen) atoms. The molecular weight excluding hydrogens is 418 g/mol. The molecule has 1 aromatic heterocycles. The molecule has 0 aliphatic carbocycles. The summed E-state index contributed by atoms with van der Waals surface area (Å²) in [7, 11) is 0. The van der Waals surface area contributed by atoms with E-state index in [-0.39, 0.29) is 18.6 Å². The van der Waals surface area contributed by atoms with Gasteiger partial charge in [-0.3, -0.25) is 5.32 Å². The first-order valence-corrected chi connectivity index (χ1v) is 12.8. The van der Waals surface area contributed by atoms with E-state index in [0.29, 0.717) is 11.7 Å². The van der Waals surface area contributed by atoms with E-state index in [0.717, 1.165) is 40.9 Å². The topological polar surface area (TPSA) is 82.6 Å². The molecule has 1 aromatic rings. The van der Waals surface area contributed by atoms with Gasteiger partial charge in [-0.2, -0.15) is 23.5 Å². The fourth-order valence-electron chi connectivity index (χ4n) is 2.55. The smallest absolute Gasteiger partial charge is 0.413 e. The number of hydrogen-bond donors (Lipinski definition) is 1. The molecule has 3 unspecified atom stereocenters. The average Bonchev–Trinajstić information content (AvgIpc) is 3.28. The molecule has 1 fully saturated rings. The number of aromatic nitrogens is 2. The van der Waals surface area contributed by atoms with Crippen LogP contribution in [0.4, 0.5) is 9.93 Å². The Hall–Kier alpha value is -0.550. The number of thioether (sulfide) groups is 2. The lowest BCUT2D eigenvalue weighted by Gasteiger charge is -2.30. The van der Waals surface area contributed by atoms with Crippen LogP contribution in [0.15, 0.2) is 0 Å². The van der Waals surface area contributed by atoms with E-state index in [1.165, 1.54) is 11.3 Å². The average molecular weight is 450 g/mol. The van der Waals surface area contributed by atoms with Crippen molar-refractivity contribution in [2.24, 2.45) is 5.92 Å². The number of hydrogen-bond acceptors (Lipinski definition) is 9. The highest BCUT2D eigenvalue weighted by atomic mass is 32.2. The van der Waals surface area contributed by atoms with E-state index in [2.05, 4.69) is 36.3 Å². The summed E-state index contributed by atoms with van der Waals surface area (Å²) in [6.07, 6.45) is 1.21. The van der Waals surface area contributed by atoms with Crippen molar-refractivity contribution in [1.29, 1.82) is 0 Å². The zero-order valence-corrected chi connectivity index (χ0v) is 19.5. The van der Waals surface area contributed by atoms with Crippen LogP contribution in [-0.2, 0) is 20.6 Å². The lowest BCUT2D eigenvalue weighted by molar-refractivity contribution is -0.184. The van der Waals surface area contributed by atoms with Gasteiger partial charge < -0.3 is 14.2 Å². The van der Waals surface area contributed by atoms with Crippen LogP contribution in [0, 0.1) is 5.92 Å². The van der Waals surface area contributed by atoms with Crippen molar-refractivity contribution in [2.75, 3.05) is 41.5 Å². The molecule has 160 valence electrons. The molecule has 2 rings (SSSR count). The Morgan fingerprint density at radius 3 is 2.96 bits per heavy atom. The second kappa shape index (κ2) is 12.2. The lowest BCUT2D eigenvalue weighted by Crippen LogP contribution is -2.37. The van der Waals surface area contributed by atoms with Crippen molar-refractivity contribution in [2.45, 2.75) is 52.4 Å². The first-order chi connectivity index (χ1) is 13.5. The molecule has 2 heterocycles. The molecule has 0 radical (unpaired) electrons. The summed E-state index contributed by atoms with van der Waals surface area (Å²) >= 11 is 5.14. The molecule has 0 spiro atoms. The van der Waals surface area contributed by atoms with Crippen LogP contribution < -0.4 is 5.32 Å². The fourth-order valence-corrected chi connectivity index (χ4v) is 5.15. The molecule has 1 N–H and O–H groups in total. The number of rotatable bonds is 12. The number of ether oxygens (including phenoxy) is 3. The molecule has 10 heteroatoms. The molecule has 0 saturated carbocycles. The minimum atomic E-state index is -0.629. The van der Waals surface area contributed by atoms with E-state index in [1.807, 2.05) is 30.4 Å². The predicted molar refractivity (Wildman–Crippen MR) is 118 cm³/mol. The predicted octanol–water partition coefficient (Wildman–Crippen LogP) is 4.29. The van der Waals surface area contributed by atoms with Crippen molar-refractivity contribution in [3.05, 3.63) is 5.01 Å². The summed E-state index contributed by atoms with van der Waals surface area (Å²) < 4.78 is 17.2. The third-order valence-electron chi connectivity index (χ3n) is 4.31. The van der Waals surface area contributed by atoms with Crippen LogP contribution in [0.3, 0.4) is 0 Å². The number of carbonyl (C=O) groups excluding carboxylic acids is 1. The Morgan fingerprint density at radius 2 is 2.21 bits per heavy atom. The molecule has 1 aliphatic rings. The Bertz CT molecular complexity index is 604. The Labute approximate surface area is 180 Å². The third-order valence-corrected chi connectivity index (χ3v) is 7.54. The summed E-state index contributed by atoms with van der Waals surface area (Å²) in [5.74, 6) is 3.83. The van der Waals surface area contributed by atoms with E-state index in [1.54, 1.807) is 0 Å². The van der Waals surface area contributed by atoms with Crippen molar-refractivity contribution >= 4 is 46.1 Å². The van der Waals surface area contributed by atoms with Crippen LogP contribution >= 0.6 is 34.9 Å². The van der Waals surface area contributed by atoms with Crippen LogP contribution in [0.2, 0.25) is 0 Å². The number of nitrogens with zero attached hydrogens (tertiary/aromatic N) is 2. The molecule has 1 aliphatic heterocycles. The Kier molecular flexibility index (Phi) is 10.4. The highest BCUT2D eigenvalue weighted by molar-refractivity contribution is 7.99. The van der Waals surface area contributed by atoms with Gasteiger partial charge in [0, 0.05) is 18.1 Å². The number of nitrogens with one attached hydrogen (secondary N) is 1. The number of anilines is 1. The first-order valence-electron chi connectivity index (χ1n) is 9.70. The van der Waals surface area contributed by atoms with Gasteiger partial charge in [-0.25, -0.2) is 4.79 Å². The SMILES string of the molecule is CCCSCC(C)C1(C)OCC(COC(=O)Nc2nnc(CCSCC)s2)O1. The zero-order chi connectivity index (χ0) is 20.4. The highest BCUT2D eigenvalue weighted by Gasteiger charge is 2.42. The number of aryl methyl sites for hydroxylation is 1. The van der Waals surface area contributed by atoms with Gasteiger partial charge in [0.25, 0.3) is 0 Å². The van der Waals surface area contributed by atoms with E-state index >= 15 is 0 Å². The molecule has 7 nitrogen and oxygen atoms in total. The van der Waals surface area contributed by atoms with Gasteiger partial charge in [0.15, 0.2) is 5.79 Å². The monoisotopic (exact) mass is 449 g/mol. The van der Waals surface area contributed by atoms with Gasteiger partial charge in [0.1, 0.15) is 17.7 Å². The Balaban J connectivity index is 1.69. The van der Waals surface area contributed by atoms with Crippen LogP contribution in [-0.4, -0.2) is 64.4 Å². The minimum absolute atomic E-state index is 0.148. The fraction of sp³-hybridized carbons (Fsp3) is 0.833. The maximum atomic E-state index is 12.0. The standard InChI is InChI=1S/C18H31N3O4S3/c1-5-8-27-12-13(3)18(4)24-11-14(25-18)10-23-17(22)19-16-21-20-15(28-16)7-9-26-6-2/h13-14H,5-12H2,1-4H3,(H,19,21,22). The van der Waals surface area contributed by atoms with Gasteiger partial charge in [0.2, 0.25) is 5.13 Å². The van der Waals surface area contributed by atoms with Crippen LogP contribution in [0.5, 0.6) is 0 Å². The van der Waals surface area contributed by atoms with Crippen molar-refractivity contribution in [3.8, 4) is 0 Å². The second-order valence-electron chi connectivity index (χ2n) is 6.71. The van der Waals surface area contributed by atoms with Crippen molar-refractivity contribution in [3.63, 3.8) is 0 Å². The summed E-state index contributed by atoms with van der Waals surface area (Å²) in [4.78, 5) is 12.0. The molecule has 1 saturated heterocycles. The van der Waals surface area contributed by atoms with Gasteiger partial charge in [-0.15, -0.1) is 10.2 Å². The maximum Gasteiger partial charge on any atom is 0.413 e. The van der Waals surface area contributed by atoms with Crippen LogP contribution in [0.1, 0.15) is 39.1 Å². The molecule has 1 amide bonds. The third kappa shape index (κ3) is 7.70. The molecule has 0 aromatic carbocycles. The molecule has 3 atom stereocenters. The Morgan fingerprint density at radius 1 is 1.39 bits per heavy atom. The van der Waals surface area contributed by atoms with Gasteiger partial charge in [-0.05, 0) is 30.6 Å². The second-order valence-corrected chi connectivity index (χ2v) is 10.3. The first kappa shape index (κ1) is 23.7. The molecular formula is C18H31N3O4S3. The summed E-state index contributed by atoms with van der Waals surface area (Å²) in [6, 6.07) is 0. The molecule has 0 bridgehead atoms. The van der Waals surface area contributed by atoms with Crippen molar-refractivity contribution in [1.82, 2.24) is 10.2 Å². The zero-order valence-electron chi connectivity index (χ0n) is 17.1.